The summed E-state index contributed by atoms with van der Waals surface area (Å²) in [5.74, 6) is 2.30. The number of aliphatic hydroxyl groups is 1. The molecule has 2 atom stereocenters. The molecule has 130 valence electrons. The van der Waals surface area contributed by atoms with Gasteiger partial charge in [0.15, 0.2) is 0 Å². The molecular formula is C20H21ClN2O2. The van der Waals surface area contributed by atoms with E-state index in [0.29, 0.717) is 23.1 Å². The summed E-state index contributed by atoms with van der Waals surface area (Å²) in [6.07, 6.45) is 3.14. The van der Waals surface area contributed by atoms with Crippen molar-refractivity contribution in [3.05, 3.63) is 77.3 Å². The Morgan fingerprint density at radius 2 is 1.88 bits per heavy atom. The Kier molecular flexibility index (Phi) is 5.41. The van der Waals surface area contributed by atoms with Crippen molar-refractivity contribution in [1.82, 2.24) is 9.55 Å². The lowest BCUT2D eigenvalue weighted by Gasteiger charge is -2.20. The van der Waals surface area contributed by atoms with Gasteiger partial charge >= 0.3 is 0 Å². The number of aryl methyl sites for hydroxylation is 1. The fourth-order valence-electron chi connectivity index (χ4n) is 2.72. The van der Waals surface area contributed by atoms with Crippen molar-refractivity contribution in [2.45, 2.75) is 26.5 Å². The monoisotopic (exact) mass is 356 g/mol. The number of para-hydroxylation sites is 1. The predicted octanol–water partition coefficient (Wildman–Crippen LogP) is 5.01. The Morgan fingerprint density at radius 3 is 2.52 bits per heavy atom. The van der Waals surface area contributed by atoms with E-state index in [1.165, 1.54) is 0 Å². The second kappa shape index (κ2) is 7.72. The first-order chi connectivity index (χ1) is 12.0. The zero-order valence-electron chi connectivity index (χ0n) is 14.3. The first-order valence-corrected chi connectivity index (χ1v) is 8.60. The molecular weight excluding hydrogens is 336 g/mol. The number of aromatic nitrogens is 2. The van der Waals surface area contributed by atoms with Crippen LogP contribution in [0.1, 0.15) is 24.4 Å². The van der Waals surface area contributed by atoms with Gasteiger partial charge in [0, 0.05) is 24.9 Å². The van der Waals surface area contributed by atoms with Crippen LogP contribution in [0.5, 0.6) is 11.5 Å². The molecule has 3 rings (SSSR count). The van der Waals surface area contributed by atoms with Gasteiger partial charge in [-0.25, -0.2) is 4.98 Å². The van der Waals surface area contributed by atoms with Gasteiger partial charge in [0.2, 0.25) is 0 Å². The van der Waals surface area contributed by atoms with Gasteiger partial charge in [-0.2, -0.15) is 0 Å². The average Bonchev–Trinajstić information content (AvgIpc) is 3.02. The number of imidazole rings is 1. The third kappa shape index (κ3) is 4.21. The first-order valence-electron chi connectivity index (χ1n) is 8.22. The average molecular weight is 357 g/mol. The van der Waals surface area contributed by atoms with Crippen LogP contribution in [0.25, 0.3) is 0 Å². The number of hydrogen-bond acceptors (Lipinski definition) is 3. The molecule has 1 heterocycles. The summed E-state index contributed by atoms with van der Waals surface area (Å²) in [4.78, 5) is 4.21. The smallest absolute Gasteiger partial charge is 0.146 e. The van der Waals surface area contributed by atoms with Crippen LogP contribution < -0.4 is 4.74 Å². The molecule has 5 heteroatoms. The second-order valence-electron chi connectivity index (χ2n) is 6.15. The van der Waals surface area contributed by atoms with Gasteiger partial charge in [0.05, 0.1) is 11.1 Å². The van der Waals surface area contributed by atoms with Crippen LogP contribution in [0.15, 0.2) is 60.9 Å². The summed E-state index contributed by atoms with van der Waals surface area (Å²) in [6.45, 7) is 4.70. The lowest BCUT2D eigenvalue weighted by Crippen LogP contribution is -2.16. The number of hydrogen-bond donors (Lipinski definition) is 1. The third-order valence-corrected chi connectivity index (χ3v) is 4.55. The summed E-state index contributed by atoms with van der Waals surface area (Å²) < 4.78 is 7.82. The van der Waals surface area contributed by atoms with Crippen LogP contribution in [-0.4, -0.2) is 14.7 Å². The molecule has 1 N–H and O–H groups in total. The standard InChI is InChI=1S/C20H21ClN2O2/c1-14(13-23-12-11-22-15(23)2)20(24)16-7-9-17(10-8-16)25-19-6-4-3-5-18(19)21/h3-12,14,20,24H,13H2,1-2H3. The van der Waals surface area contributed by atoms with Crippen molar-refractivity contribution in [3.63, 3.8) is 0 Å². The highest BCUT2D eigenvalue weighted by Crippen LogP contribution is 2.30. The fourth-order valence-corrected chi connectivity index (χ4v) is 2.90. The largest absolute Gasteiger partial charge is 0.456 e. The van der Waals surface area contributed by atoms with Crippen LogP contribution in [0.4, 0.5) is 0 Å². The zero-order valence-corrected chi connectivity index (χ0v) is 15.0. The van der Waals surface area contributed by atoms with E-state index in [2.05, 4.69) is 4.98 Å². The fraction of sp³-hybridized carbons (Fsp3) is 0.250. The molecule has 0 saturated carbocycles. The molecule has 0 bridgehead atoms. The molecule has 0 fully saturated rings. The van der Waals surface area contributed by atoms with E-state index in [4.69, 9.17) is 16.3 Å². The molecule has 0 aliphatic heterocycles. The Balaban J connectivity index is 1.67. The molecule has 0 amide bonds. The van der Waals surface area contributed by atoms with Crippen molar-refractivity contribution in [2.24, 2.45) is 5.92 Å². The van der Waals surface area contributed by atoms with Crippen molar-refractivity contribution in [3.8, 4) is 11.5 Å². The quantitative estimate of drug-likeness (QED) is 0.675. The first kappa shape index (κ1) is 17.5. The minimum atomic E-state index is -0.559. The number of ether oxygens (including phenoxy) is 1. The summed E-state index contributed by atoms with van der Waals surface area (Å²) in [7, 11) is 0. The maximum Gasteiger partial charge on any atom is 0.146 e. The molecule has 2 aromatic carbocycles. The lowest BCUT2D eigenvalue weighted by atomic mass is 9.97. The Hall–Kier alpha value is -2.30. The summed E-state index contributed by atoms with van der Waals surface area (Å²) in [6, 6.07) is 14.8. The minimum absolute atomic E-state index is 0.0586. The molecule has 2 unspecified atom stereocenters. The van der Waals surface area contributed by atoms with Gasteiger partial charge in [0.1, 0.15) is 17.3 Å². The molecule has 4 nitrogen and oxygen atoms in total. The lowest BCUT2D eigenvalue weighted by molar-refractivity contribution is 0.107. The number of halogens is 1. The molecule has 25 heavy (non-hydrogen) atoms. The van der Waals surface area contributed by atoms with Crippen LogP contribution >= 0.6 is 11.6 Å². The molecule has 0 aliphatic rings. The van der Waals surface area contributed by atoms with Gasteiger partial charge in [-0.05, 0) is 36.8 Å². The minimum Gasteiger partial charge on any atom is -0.456 e. The van der Waals surface area contributed by atoms with E-state index >= 15 is 0 Å². The van der Waals surface area contributed by atoms with E-state index < -0.39 is 6.10 Å². The maximum atomic E-state index is 10.6. The molecule has 0 radical (unpaired) electrons. The van der Waals surface area contributed by atoms with E-state index in [9.17, 15) is 5.11 Å². The normalized spacial score (nSPS) is 13.4. The van der Waals surface area contributed by atoms with E-state index in [1.807, 2.05) is 67.1 Å². The molecule has 1 aromatic heterocycles. The SMILES string of the molecule is Cc1nccn1CC(C)C(O)c1ccc(Oc2ccccc2Cl)cc1. The number of aliphatic hydroxyl groups excluding tert-OH is 1. The van der Waals surface area contributed by atoms with Crippen molar-refractivity contribution < 1.29 is 9.84 Å². The molecule has 0 saturated heterocycles. The Labute approximate surface area is 152 Å². The summed E-state index contributed by atoms with van der Waals surface area (Å²) in [5.41, 5.74) is 0.858. The van der Waals surface area contributed by atoms with Crippen LogP contribution in [-0.2, 0) is 6.54 Å². The molecule has 3 aromatic rings. The van der Waals surface area contributed by atoms with Crippen molar-refractivity contribution >= 4 is 11.6 Å². The van der Waals surface area contributed by atoms with Gasteiger partial charge in [-0.3, -0.25) is 0 Å². The third-order valence-electron chi connectivity index (χ3n) is 4.23. The van der Waals surface area contributed by atoms with Crippen LogP contribution in [0.2, 0.25) is 5.02 Å². The Morgan fingerprint density at radius 1 is 1.16 bits per heavy atom. The van der Waals surface area contributed by atoms with Gasteiger partial charge in [0.25, 0.3) is 0 Å². The van der Waals surface area contributed by atoms with Crippen LogP contribution in [0, 0.1) is 12.8 Å². The van der Waals surface area contributed by atoms with E-state index in [0.717, 1.165) is 11.4 Å². The number of benzene rings is 2. The van der Waals surface area contributed by atoms with E-state index in [-0.39, 0.29) is 5.92 Å². The van der Waals surface area contributed by atoms with Crippen LogP contribution in [0.3, 0.4) is 0 Å². The topological polar surface area (TPSA) is 47.3 Å². The summed E-state index contributed by atoms with van der Waals surface area (Å²) in [5, 5.41) is 11.2. The van der Waals surface area contributed by atoms with Gasteiger partial charge in [-0.15, -0.1) is 0 Å². The van der Waals surface area contributed by atoms with Gasteiger partial charge in [-0.1, -0.05) is 42.8 Å². The maximum absolute atomic E-state index is 10.6. The predicted molar refractivity (Wildman–Crippen MR) is 99.1 cm³/mol. The highest BCUT2D eigenvalue weighted by molar-refractivity contribution is 6.32. The number of nitrogens with zero attached hydrogens (tertiary/aromatic N) is 2. The van der Waals surface area contributed by atoms with Gasteiger partial charge < -0.3 is 14.4 Å². The Bertz CT molecular complexity index is 830. The van der Waals surface area contributed by atoms with E-state index in [1.54, 1.807) is 12.3 Å². The van der Waals surface area contributed by atoms with Crippen molar-refractivity contribution in [2.75, 3.05) is 0 Å². The second-order valence-corrected chi connectivity index (χ2v) is 6.56. The highest BCUT2D eigenvalue weighted by atomic mass is 35.5. The zero-order chi connectivity index (χ0) is 17.8. The number of rotatable bonds is 6. The van der Waals surface area contributed by atoms with Crippen molar-refractivity contribution in [1.29, 1.82) is 0 Å². The summed E-state index contributed by atoms with van der Waals surface area (Å²) >= 11 is 6.11. The molecule has 0 spiro atoms. The highest BCUT2D eigenvalue weighted by Gasteiger charge is 2.17. The molecule has 0 aliphatic carbocycles.